The van der Waals surface area contributed by atoms with Crippen LogP contribution in [0, 0.1) is 0 Å². The Morgan fingerprint density at radius 1 is 0.977 bits per heavy atom. The number of carbonyl (C=O) groups is 4. The Bertz CT molecular complexity index is 1570. The molecule has 2 aliphatic rings. The highest BCUT2D eigenvalue weighted by Gasteiger charge is 2.44. The maximum Gasteiger partial charge on any atom is 0.410 e. The van der Waals surface area contributed by atoms with Gasteiger partial charge in [-0.25, -0.2) is 4.79 Å². The molecule has 0 aliphatic carbocycles. The summed E-state index contributed by atoms with van der Waals surface area (Å²) in [5.74, 6) is -1.05. The zero-order valence-corrected chi connectivity index (χ0v) is 25.6. The molecule has 0 spiro atoms. The summed E-state index contributed by atoms with van der Waals surface area (Å²) < 4.78 is 5.40. The number of anilines is 1. The van der Waals surface area contributed by atoms with E-state index in [2.05, 4.69) is 10.6 Å². The normalized spacial score (nSPS) is 19.2. The molecule has 4 unspecified atom stereocenters. The second kappa shape index (κ2) is 11.7. The van der Waals surface area contributed by atoms with Gasteiger partial charge in [0, 0.05) is 13.5 Å². The number of para-hydroxylation sites is 1. The molecule has 0 aromatic heterocycles. The van der Waals surface area contributed by atoms with Crippen LogP contribution in [-0.2, 0) is 32.0 Å². The minimum atomic E-state index is -0.872. The van der Waals surface area contributed by atoms with Crippen LogP contribution in [0.2, 0.25) is 0 Å². The first kappa shape index (κ1) is 30.1. The number of amides is 4. The number of ether oxygens (including phenoxy) is 1. The zero-order valence-electron chi connectivity index (χ0n) is 25.6. The number of hydrogen-bond donors (Lipinski definition) is 2. The quantitative estimate of drug-likeness (QED) is 0.438. The van der Waals surface area contributed by atoms with Crippen molar-refractivity contribution in [3.8, 4) is 0 Å². The lowest BCUT2D eigenvalue weighted by atomic mass is 9.99. The summed E-state index contributed by atoms with van der Waals surface area (Å²) in [6.07, 6.45) is 0.701. The largest absolute Gasteiger partial charge is 0.444 e. The Hall–Kier alpha value is -4.40. The average Bonchev–Trinajstić information content (AvgIpc) is 3.31. The van der Waals surface area contributed by atoms with E-state index in [0.717, 1.165) is 33.2 Å². The van der Waals surface area contributed by atoms with Crippen LogP contribution >= 0.6 is 0 Å². The fourth-order valence-electron chi connectivity index (χ4n) is 5.95. The molecule has 0 radical (unpaired) electrons. The highest BCUT2D eigenvalue weighted by atomic mass is 16.6. The van der Waals surface area contributed by atoms with Gasteiger partial charge in [0.2, 0.25) is 17.7 Å². The number of aryl methyl sites for hydroxylation is 1. The second-order valence-electron chi connectivity index (χ2n) is 12.5. The van der Waals surface area contributed by atoms with Gasteiger partial charge in [-0.3, -0.25) is 24.2 Å². The molecule has 2 N–H and O–H groups in total. The number of benzene rings is 3. The smallest absolute Gasteiger partial charge is 0.410 e. The minimum absolute atomic E-state index is 0.249. The fourth-order valence-corrected chi connectivity index (χ4v) is 5.95. The van der Waals surface area contributed by atoms with E-state index < -0.39 is 35.7 Å². The Kier molecular flexibility index (Phi) is 8.18. The molecular weight excluding hydrogens is 544 g/mol. The lowest BCUT2D eigenvalue weighted by Crippen LogP contribution is -2.57. The third kappa shape index (κ3) is 6.07. The van der Waals surface area contributed by atoms with E-state index in [1.165, 1.54) is 11.9 Å². The van der Waals surface area contributed by atoms with Crippen molar-refractivity contribution in [3.63, 3.8) is 0 Å². The number of rotatable bonds is 6. The second-order valence-corrected chi connectivity index (χ2v) is 12.5. The van der Waals surface area contributed by atoms with Crippen molar-refractivity contribution in [2.45, 2.75) is 83.6 Å². The first-order valence-electron chi connectivity index (χ1n) is 14.8. The van der Waals surface area contributed by atoms with E-state index in [0.29, 0.717) is 19.3 Å². The first-order valence-corrected chi connectivity index (χ1v) is 14.8. The third-order valence-electron chi connectivity index (χ3n) is 8.32. The summed E-state index contributed by atoms with van der Waals surface area (Å²) in [7, 11) is 1.49. The van der Waals surface area contributed by atoms with Crippen molar-refractivity contribution in [1.29, 1.82) is 0 Å². The average molecular weight is 585 g/mol. The van der Waals surface area contributed by atoms with Gasteiger partial charge in [0.25, 0.3) is 0 Å². The number of hydrogen-bond acceptors (Lipinski definition) is 5. The van der Waals surface area contributed by atoms with Crippen LogP contribution in [0.3, 0.4) is 0 Å². The molecule has 2 aliphatic heterocycles. The van der Waals surface area contributed by atoms with Crippen molar-refractivity contribution in [1.82, 2.24) is 15.5 Å². The van der Waals surface area contributed by atoms with Crippen LogP contribution in [0.4, 0.5) is 10.5 Å². The zero-order chi connectivity index (χ0) is 31.1. The van der Waals surface area contributed by atoms with Crippen LogP contribution < -0.4 is 15.5 Å². The molecule has 9 heteroatoms. The summed E-state index contributed by atoms with van der Waals surface area (Å²) >= 11 is 0. The number of nitrogens with zero attached hydrogens (tertiary/aromatic N) is 2. The molecule has 3 aromatic carbocycles. The summed E-state index contributed by atoms with van der Waals surface area (Å²) in [5.41, 5.74) is 2.96. The molecule has 4 amide bonds. The highest BCUT2D eigenvalue weighted by molar-refractivity contribution is 6.08. The maximum absolute atomic E-state index is 14.1. The molecule has 2 heterocycles. The van der Waals surface area contributed by atoms with Gasteiger partial charge in [0.1, 0.15) is 23.7 Å². The van der Waals surface area contributed by atoms with Crippen LogP contribution in [0.5, 0.6) is 0 Å². The van der Waals surface area contributed by atoms with Crippen LogP contribution in [0.25, 0.3) is 10.8 Å². The van der Waals surface area contributed by atoms with E-state index in [1.807, 2.05) is 67.6 Å². The fraction of sp³-hybridized carbons (Fsp3) is 0.412. The number of nitrogens with one attached hydrogen (secondary N) is 2. The van der Waals surface area contributed by atoms with Gasteiger partial charge < -0.3 is 15.4 Å². The van der Waals surface area contributed by atoms with Gasteiger partial charge in [-0.2, -0.15) is 0 Å². The molecule has 43 heavy (non-hydrogen) atoms. The lowest BCUT2D eigenvalue weighted by Gasteiger charge is -2.31. The van der Waals surface area contributed by atoms with Crippen molar-refractivity contribution < 1.29 is 23.9 Å². The minimum Gasteiger partial charge on any atom is -0.444 e. The van der Waals surface area contributed by atoms with E-state index in [4.69, 9.17) is 4.74 Å². The number of likely N-dealkylation sites (N-methyl/N-ethyl adjacent to an activating group) is 1. The molecule has 4 atom stereocenters. The Morgan fingerprint density at radius 2 is 1.65 bits per heavy atom. The Balaban J connectivity index is 1.35. The molecule has 0 saturated heterocycles. The molecule has 0 fully saturated rings. The van der Waals surface area contributed by atoms with Crippen LogP contribution in [0.15, 0.2) is 60.7 Å². The van der Waals surface area contributed by atoms with Gasteiger partial charge in [0.05, 0.1) is 11.7 Å². The van der Waals surface area contributed by atoms with Crippen molar-refractivity contribution in [3.05, 3.63) is 77.4 Å². The molecular formula is C34H40N4O5. The van der Waals surface area contributed by atoms with E-state index in [1.54, 1.807) is 32.6 Å². The molecule has 9 nitrogen and oxygen atoms in total. The van der Waals surface area contributed by atoms with Crippen molar-refractivity contribution in [2.75, 3.05) is 11.9 Å². The molecule has 0 saturated carbocycles. The van der Waals surface area contributed by atoms with E-state index in [9.17, 15) is 19.2 Å². The Labute approximate surface area is 252 Å². The Morgan fingerprint density at radius 3 is 2.40 bits per heavy atom. The van der Waals surface area contributed by atoms with Crippen molar-refractivity contribution in [2.24, 2.45) is 0 Å². The number of carbonyl (C=O) groups excluding carboxylic acids is 4. The standard InChI is InChI=1S/C34H40N4O5/c1-20(25-16-10-12-22-11-7-8-15-26(22)25)35-31(40)28-19-24-14-9-13-23-17-18-27(32(41)38(28)29(23)24)36-30(39)21(2)37(6)33(42)43-34(3,4)5/h7-16,20-21,27-28H,17-19H2,1-6H3,(H,35,40)(H,36,39). The molecule has 0 bridgehead atoms. The van der Waals surface area contributed by atoms with Crippen LogP contribution in [0.1, 0.15) is 63.8 Å². The maximum atomic E-state index is 14.1. The van der Waals surface area contributed by atoms with E-state index in [-0.39, 0.29) is 17.9 Å². The molecule has 226 valence electrons. The first-order chi connectivity index (χ1) is 20.4. The predicted molar refractivity (Wildman–Crippen MR) is 166 cm³/mol. The summed E-state index contributed by atoms with van der Waals surface area (Å²) in [6.45, 7) is 8.80. The van der Waals surface area contributed by atoms with Gasteiger partial charge in [-0.15, -0.1) is 0 Å². The number of fused-ring (bicyclic) bond motifs is 1. The summed E-state index contributed by atoms with van der Waals surface area (Å²) in [6, 6.07) is 17.2. The summed E-state index contributed by atoms with van der Waals surface area (Å²) in [5, 5.41) is 8.17. The molecule has 3 aromatic rings. The predicted octanol–water partition coefficient (Wildman–Crippen LogP) is 4.66. The van der Waals surface area contributed by atoms with Gasteiger partial charge in [-0.05, 0) is 74.9 Å². The van der Waals surface area contributed by atoms with Gasteiger partial charge in [0.15, 0.2) is 0 Å². The monoisotopic (exact) mass is 584 g/mol. The lowest BCUT2D eigenvalue weighted by molar-refractivity contribution is -0.131. The highest BCUT2D eigenvalue weighted by Crippen LogP contribution is 2.39. The SMILES string of the molecule is CC(NC(=O)C1Cc2cccc3c2N1C(=O)C(NC(=O)C(C)N(C)C(=O)OC(C)(C)C)CC3)c1cccc2ccccc12. The molecule has 5 rings (SSSR count). The van der Waals surface area contributed by atoms with Gasteiger partial charge in [-0.1, -0.05) is 60.7 Å². The van der Waals surface area contributed by atoms with Crippen LogP contribution in [-0.4, -0.2) is 59.5 Å². The van der Waals surface area contributed by atoms with Gasteiger partial charge >= 0.3 is 6.09 Å². The van der Waals surface area contributed by atoms with E-state index >= 15 is 0 Å². The topological polar surface area (TPSA) is 108 Å². The third-order valence-corrected chi connectivity index (χ3v) is 8.32. The summed E-state index contributed by atoms with van der Waals surface area (Å²) in [4.78, 5) is 56.6. The van der Waals surface area contributed by atoms with Crippen molar-refractivity contribution >= 4 is 40.3 Å².